The third-order valence-electron chi connectivity index (χ3n) is 4.66. The summed E-state index contributed by atoms with van der Waals surface area (Å²) in [6.45, 7) is 3.91. The highest BCUT2D eigenvalue weighted by atomic mass is 16.5. The molecule has 2 aromatic carbocycles. The van der Waals surface area contributed by atoms with E-state index < -0.39 is 0 Å². The number of carbonyl (C=O) groups excluding carboxylic acids is 3. The number of methoxy groups -OCH3 is 1. The number of rotatable bonds is 4. The third kappa shape index (κ3) is 5.25. The minimum atomic E-state index is -0.366. The molecule has 2 N–H and O–H groups in total. The van der Waals surface area contributed by atoms with Crippen LogP contribution in [-0.2, 0) is 9.53 Å². The lowest BCUT2D eigenvalue weighted by molar-refractivity contribution is -0.114. The van der Waals surface area contributed by atoms with Crippen molar-refractivity contribution in [2.24, 2.45) is 0 Å². The topological polar surface area (TPSA) is 91.0 Å². The fraction of sp³-hybridized carbons (Fsp3) is 0.286. The van der Waals surface area contributed by atoms with Crippen molar-refractivity contribution in [1.29, 1.82) is 0 Å². The van der Waals surface area contributed by atoms with Crippen LogP contribution in [0.2, 0.25) is 0 Å². The van der Waals surface area contributed by atoms with Crippen molar-refractivity contribution >= 4 is 35.0 Å². The van der Waals surface area contributed by atoms with Crippen LogP contribution < -0.4 is 15.5 Å². The highest BCUT2D eigenvalue weighted by Crippen LogP contribution is 2.20. The van der Waals surface area contributed by atoms with E-state index in [1.165, 1.54) is 14.0 Å². The van der Waals surface area contributed by atoms with Gasteiger partial charge in [-0.15, -0.1) is 0 Å². The molecule has 0 atom stereocenters. The maximum atomic E-state index is 12.5. The molecule has 0 unspecified atom stereocenters. The second-order valence-electron chi connectivity index (χ2n) is 6.70. The van der Waals surface area contributed by atoms with Gasteiger partial charge in [0.15, 0.2) is 0 Å². The Hall–Kier alpha value is -3.55. The lowest BCUT2D eigenvalue weighted by Crippen LogP contribution is -2.50. The second-order valence-corrected chi connectivity index (χ2v) is 6.70. The highest BCUT2D eigenvalue weighted by Gasteiger charge is 2.22. The van der Waals surface area contributed by atoms with E-state index in [4.69, 9.17) is 4.74 Å². The van der Waals surface area contributed by atoms with Crippen LogP contribution >= 0.6 is 0 Å². The van der Waals surface area contributed by atoms with Gasteiger partial charge in [-0.2, -0.15) is 0 Å². The van der Waals surface area contributed by atoms with Crippen LogP contribution in [0.4, 0.5) is 21.9 Å². The van der Waals surface area contributed by atoms with E-state index in [0.717, 1.165) is 5.69 Å². The Morgan fingerprint density at radius 2 is 1.52 bits per heavy atom. The van der Waals surface area contributed by atoms with E-state index in [9.17, 15) is 14.4 Å². The third-order valence-corrected chi connectivity index (χ3v) is 4.66. The lowest BCUT2D eigenvalue weighted by atomic mass is 10.1. The Labute approximate surface area is 169 Å². The zero-order chi connectivity index (χ0) is 20.8. The smallest absolute Gasteiger partial charge is 0.337 e. The van der Waals surface area contributed by atoms with Crippen molar-refractivity contribution in [3.63, 3.8) is 0 Å². The van der Waals surface area contributed by atoms with Gasteiger partial charge in [0.05, 0.1) is 12.7 Å². The summed E-state index contributed by atoms with van der Waals surface area (Å²) in [6, 6.07) is 14.1. The van der Waals surface area contributed by atoms with Gasteiger partial charge in [0.25, 0.3) is 0 Å². The average molecular weight is 396 g/mol. The number of carbonyl (C=O) groups is 3. The molecule has 8 nitrogen and oxygen atoms in total. The quantitative estimate of drug-likeness (QED) is 0.776. The molecule has 8 heteroatoms. The average Bonchev–Trinajstić information content (AvgIpc) is 2.74. The maximum Gasteiger partial charge on any atom is 0.337 e. The van der Waals surface area contributed by atoms with Crippen LogP contribution in [0, 0.1) is 0 Å². The van der Waals surface area contributed by atoms with Crippen molar-refractivity contribution in [1.82, 2.24) is 4.90 Å². The molecule has 1 saturated heterocycles. The number of esters is 1. The number of urea groups is 1. The van der Waals surface area contributed by atoms with Crippen LogP contribution in [0.3, 0.4) is 0 Å². The summed E-state index contributed by atoms with van der Waals surface area (Å²) < 4.78 is 4.77. The minimum absolute atomic E-state index is 0.142. The van der Waals surface area contributed by atoms with E-state index >= 15 is 0 Å². The molecule has 0 bridgehead atoms. The van der Waals surface area contributed by atoms with Crippen molar-refractivity contribution in [2.75, 3.05) is 48.8 Å². The summed E-state index contributed by atoms with van der Waals surface area (Å²) in [4.78, 5) is 39.2. The molecule has 0 radical (unpaired) electrons. The molecule has 1 aliphatic heterocycles. The normalized spacial score (nSPS) is 13.6. The number of hydrogen-bond donors (Lipinski definition) is 2. The first-order valence-corrected chi connectivity index (χ1v) is 9.33. The Morgan fingerprint density at radius 3 is 2.10 bits per heavy atom. The predicted molar refractivity (Wildman–Crippen MR) is 111 cm³/mol. The molecule has 0 saturated carbocycles. The maximum absolute atomic E-state index is 12.5. The largest absolute Gasteiger partial charge is 0.465 e. The SMILES string of the molecule is COC(=O)c1cccc(N2CCN(C(=O)Nc3ccc(NC(C)=O)cc3)CC2)c1. The summed E-state index contributed by atoms with van der Waals surface area (Å²) in [7, 11) is 1.36. The zero-order valence-corrected chi connectivity index (χ0v) is 16.5. The van der Waals surface area contributed by atoms with Gasteiger partial charge in [-0.05, 0) is 42.5 Å². The molecule has 0 aromatic heterocycles. The molecular weight excluding hydrogens is 372 g/mol. The number of hydrogen-bond acceptors (Lipinski definition) is 5. The molecular formula is C21H24N4O4. The van der Waals surface area contributed by atoms with E-state index in [2.05, 4.69) is 15.5 Å². The first-order valence-electron chi connectivity index (χ1n) is 9.33. The number of amides is 3. The Morgan fingerprint density at radius 1 is 0.897 bits per heavy atom. The molecule has 29 heavy (non-hydrogen) atoms. The molecule has 152 valence electrons. The van der Waals surface area contributed by atoms with Crippen LogP contribution in [0.1, 0.15) is 17.3 Å². The Kier molecular flexibility index (Phi) is 6.33. The Balaban J connectivity index is 1.54. The molecule has 1 heterocycles. The molecule has 1 fully saturated rings. The van der Waals surface area contributed by atoms with Crippen LogP contribution in [0.25, 0.3) is 0 Å². The second kappa shape index (κ2) is 9.09. The number of anilines is 3. The van der Waals surface area contributed by atoms with Crippen LogP contribution in [-0.4, -0.2) is 56.1 Å². The number of ether oxygens (including phenoxy) is 1. The molecule has 0 spiro atoms. The summed E-state index contributed by atoms with van der Waals surface area (Å²) >= 11 is 0. The van der Waals surface area contributed by atoms with E-state index in [0.29, 0.717) is 43.1 Å². The summed E-state index contributed by atoms with van der Waals surface area (Å²) in [6.07, 6.45) is 0. The van der Waals surface area contributed by atoms with Crippen molar-refractivity contribution in [2.45, 2.75) is 6.92 Å². The minimum Gasteiger partial charge on any atom is -0.465 e. The molecule has 3 amide bonds. The van der Waals surface area contributed by atoms with Gasteiger partial charge in [-0.3, -0.25) is 4.79 Å². The monoisotopic (exact) mass is 396 g/mol. The van der Waals surface area contributed by atoms with Gasteiger partial charge in [-0.25, -0.2) is 9.59 Å². The number of benzene rings is 2. The van der Waals surface area contributed by atoms with Gasteiger partial charge in [0.1, 0.15) is 0 Å². The molecule has 0 aliphatic carbocycles. The summed E-state index contributed by atoms with van der Waals surface area (Å²) in [5, 5.41) is 5.56. The van der Waals surface area contributed by atoms with Crippen molar-refractivity contribution in [3.8, 4) is 0 Å². The Bertz CT molecular complexity index is 890. The van der Waals surface area contributed by atoms with Gasteiger partial charge < -0.3 is 25.2 Å². The van der Waals surface area contributed by atoms with Gasteiger partial charge in [-0.1, -0.05) is 6.07 Å². The van der Waals surface area contributed by atoms with Gasteiger partial charge >= 0.3 is 12.0 Å². The molecule has 3 rings (SSSR count). The summed E-state index contributed by atoms with van der Waals surface area (Å²) in [5.74, 6) is -0.508. The fourth-order valence-corrected chi connectivity index (χ4v) is 3.16. The number of piperazine rings is 1. The highest BCUT2D eigenvalue weighted by molar-refractivity contribution is 5.92. The summed E-state index contributed by atoms with van der Waals surface area (Å²) in [5.41, 5.74) is 2.78. The first-order chi connectivity index (χ1) is 14.0. The predicted octanol–water partition coefficient (Wildman–Crippen LogP) is 2.79. The standard InChI is InChI=1S/C21H24N4O4/c1-15(26)22-17-6-8-18(9-7-17)23-21(28)25-12-10-24(11-13-25)19-5-3-4-16(14-19)20(27)29-2/h3-9,14H,10-13H2,1-2H3,(H,22,26)(H,23,28). The molecule has 1 aliphatic rings. The van der Waals surface area contributed by atoms with E-state index in [-0.39, 0.29) is 17.9 Å². The van der Waals surface area contributed by atoms with Gasteiger partial charge in [0, 0.05) is 50.2 Å². The van der Waals surface area contributed by atoms with E-state index in [1.807, 2.05) is 12.1 Å². The number of nitrogens with zero attached hydrogens (tertiary/aromatic N) is 2. The number of nitrogens with one attached hydrogen (secondary N) is 2. The van der Waals surface area contributed by atoms with Gasteiger partial charge in [0.2, 0.25) is 5.91 Å². The van der Waals surface area contributed by atoms with Crippen molar-refractivity contribution < 1.29 is 19.1 Å². The lowest BCUT2D eigenvalue weighted by Gasteiger charge is -2.36. The molecule has 2 aromatic rings. The van der Waals surface area contributed by atoms with Crippen LogP contribution in [0.15, 0.2) is 48.5 Å². The van der Waals surface area contributed by atoms with Crippen LogP contribution in [0.5, 0.6) is 0 Å². The first kappa shape index (κ1) is 20.2. The zero-order valence-electron chi connectivity index (χ0n) is 16.5. The van der Waals surface area contributed by atoms with E-state index in [1.54, 1.807) is 41.3 Å². The fourth-order valence-electron chi connectivity index (χ4n) is 3.16. The van der Waals surface area contributed by atoms with Crippen molar-refractivity contribution in [3.05, 3.63) is 54.1 Å².